The van der Waals surface area contributed by atoms with Crippen molar-refractivity contribution in [2.24, 2.45) is 0 Å². The highest BCUT2D eigenvalue weighted by Crippen LogP contribution is 2.29. The first kappa shape index (κ1) is 10.4. The molecule has 1 aromatic heterocycles. The van der Waals surface area contributed by atoms with Crippen molar-refractivity contribution in [2.45, 2.75) is 13.0 Å². The van der Waals surface area contributed by atoms with Crippen LogP contribution in [0.25, 0.3) is 0 Å². The number of aromatic nitrogens is 1. The summed E-state index contributed by atoms with van der Waals surface area (Å²) < 4.78 is 6.01. The summed E-state index contributed by atoms with van der Waals surface area (Å²) in [7, 11) is 1.61. The topological polar surface area (TPSA) is 37.4 Å². The van der Waals surface area contributed by atoms with E-state index in [9.17, 15) is 0 Å². The van der Waals surface area contributed by atoms with E-state index in [1.54, 1.807) is 13.3 Å². The molecule has 15 heavy (non-hydrogen) atoms. The molecular weight excluding hydrogens is 258 g/mol. The smallest absolute Gasteiger partial charge is 0.215 e. The minimum atomic E-state index is 0.344. The number of ether oxygens (including phenoxy) is 1. The maximum atomic E-state index is 5.09. The van der Waals surface area contributed by atoms with Crippen molar-refractivity contribution in [3.05, 3.63) is 29.0 Å². The Labute approximate surface area is 97.0 Å². The van der Waals surface area contributed by atoms with Crippen LogP contribution in [0.2, 0.25) is 0 Å². The summed E-state index contributed by atoms with van der Waals surface area (Å²) in [5, 5.41) is 1.94. The van der Waals surface area contributed by atoms with E-state index in [-0.39, 0.29) is 0 Å². The molecule has 0 saturated carbocycles. The van der Waals surface area contributed by atoms with Crippen LogP contribution in [0.4, 0.5) is 5.69 Å². The summed E-state index contributed by atoms with van der Waals surface area (Å²) in [4.78, 5) is 4.10. The molecule has 1 atom stereocenters. The van der Waals surface area contributed by atoms with Gasteiger partial charge in [0, 0.05) is 24.5 Å². The van der Waals surface area contributed by atoms with E-state index in [1.165, 1.54) is 0 Å². The van der Waals surface area contributed by atoms with Crippen molar-refractivity contribution in [1.82, 2.24) is 10.4 Å². The van der Waals surface area contributed by atoms with Crippen molar-refractivity contribution < 1.29 is 4.74 Å². The van der Waals surface area contributed by atoms with Gasteiger partial charge in [0.2, 0.25) is 5.88 Å². The maximum Gasteiger partial charge on any atom is 0.215 e. The van der Waals surface area contributed by atoms with Crippen molar-refractivity contribution >= 4 is 21.6 Å². The number of hydrogen-bond acceptors (Lipinski definition) is 4. The van der Waals surface area contributed by atoms with Crippen molar-refractivity contribution in [3.8, 4) is 5.88 Å². The minimum Gasteiger partial charge on any atom is -0.481 e. The van der Waals surface area contributed by atoms with Gasteiger partial charge in [0.1, 0.15) is 0 Å². The fraction of sp³-hybridized carbons (Fsp3) is 0.300. The minimum absolute atomic E-state index is 0.344. The molecule has 0 radical (unpaired) electrons. The number of hydrazine groups is 1. The highest BCUT2D eigenvalue weighted by atomic mass is 79.9. The number of nitrogens with one attached hydrogen (secondary N) is 1. The molecule has 0 fully saturated rings. The first-order chi connectivity index (χ1) is 7.20. The van der Waals surface area contributed by atoms with Gasteiger partial charge in [-0.15, -0.1) is 0 Å². The molecule has 1 unspecified atom stereocenters. The lowest BCUT2D eigenvalue weighted by Crippen LogP contribution is -2.33. The largest absolute Gasteiger partial charge is 0.481 e. The molecule has 1 aromatic rings. The maximum absolute atomic E-state index is 5.09. The van der Waals surface area contributed by atoms with Crippen LogP contribution in [-0.4, -0.2) is 18.1 Å². The summed E-state index contributed by atoms with van der Waals surface area (Å²) in [5.74, 6) is 0.600. The number of anilines is 1. The Kier molecular flexibility index (Phi) is 2.93. The molecule has 0 amide bonds. The predicted octanol–water partition coefficient (Wildman–Crippen LogP) is 2.08. The molecule has 0 bridgehead atoms. The third-order valence-corrected chi connectivity index (χ3v) is 2.76. The average Bonchev–Trinajstić information content (AvgIpc) is 2.65. The van der Waals surface area contributed by atoms with Crippen LogP contribution < -0.4 is 15.2 Å². The van der Waals surface area contributed by atoms with E-state index in [0.717, 1.165) is 10.2 Å². The molecule has 5 heteroatoms. The Morgan fingerprint density at radius 2 is 2.40 bits per heavy atom. The van der Waals surface area contributed by atoms with Gasteiger partial charge in [0.15, 0.2) is 0 Å². The zero-order valence-corrected chi connectivity index (χ0v) is 10.2. The third-order valence-electron chi connectivity index (χ3n) is 2.15. The second-order valence-corrected chi connectivity index (χ2v) is 4.16. The summed E-state index contributed by atoms with van der Waals surface area (Å²) >= 11 is 3.46. The van der Waals surface area contributed by atoms with Gasteiger partial charge >= 0.3 is 0 Å². The van der Waals surface area contributed by atoms with Gasteiger partial charge in [0.05, 0.1) is 17.3 Å². The Hall–Kier alpha value is -1.07. The average molecular weight is 270 g/mol. The number of nitrogens with zero attached hydrogens (tertiary/aromatic N) is 2. The zero-order chi connectivity index (χ0) is 10.8. The van der Waals surface area contributed by atoms with Gasteiger partial charge in [-0.1, -0.05) is 0 Å². The van der Waals surface area contributed by atoms with Gasteiger partial charge in [-0.05, 0) is 28.9 Å². The first-order valence-electron chi connectivity index (χ1n) is 4.64. The van der Waals surface area contributed by atoms with Crippen molar-refractivity contribution in [3.63, 3.8) is 0 Å². The van der Waals surface area contributed by atoms with E-state index in [1.807, 2.05) is 17.3 Å². The normalized spacial score (nSPS) is 19.7. The molecule has 4 nitrogen and oxygen atoms in total. The van der Waals surface area contributed by atoms with Crippen LogP contribution >= 0.6 is 15.9 Å². The van der Waals surface area contributed by atoms with Crippen molar-refractivity contribution in [2.75, 3.05) is 12.1 Å². The number of halogens is 1. The molecule has 1 aliphatic heterocycles. The van der Waals surface area contributed by atoms with Crippen LogP contribution in [0.5, 0.6) is 5.88 Å². The van der Waals surface area contributed by atoms with Gasteiger partial charge in [0.25, 0.3) is 0 Å². The summed E-state index contributed by atoms with van der Waals surface area (Å²) in [6.45, 7) is 2.09. The Morgan fingerprint density at radius 1 is 1.60 bits per heavy atom. The lowest BCUT2D eigenvalue weighted by atomic mass is 10.4. The highest BCUT2D eigenvalue weighted by molar-refractivity contribution is 9.10. The summed E-state index contributed by atoms with van der Waals surface area (Å²) in [6, 6.07) is 2.22. The molecule has 2 rings (SSSR count). The van der Waals surface area contributed by atoms with E-state index < -0.39 is 0 Å². The highest BCUT2D eigenvalue weighted by Gasteiger charge is 2.15. The lowest BCUT2D eigenvalue weighted by molar-refractivity contribution is 0.397. The molecule has 1 aliphatic rings. The molecular formula is C10H12BrN3O. The lowest BCUT2D eigenvalue weighted by Gasteiger charge is -2.19. The number of methoxy groups -OCH3 is 1. The van der Waals surface area contributed by atoms with Crippen LogP contribution in [0, 0.1) is 0 Å². The van der Waals surface area contributed by atoms with E-state index >= 15 is 0 Å². The summed E-state index contributed by atoms with van der Waals surface area (Å²) in [5.41, 5.74) is 4.26. The monoisotopic (exact) mass is 269 g/mol. The molecule has 0 spiro atoms. The molecule has 80 valence electrons. The fourth-order valence-electron chi connectivity index (χ4n) is 1.38. The molecule has 0 saturated heterocycles. The third kappa shape index (κ3) is 2.13. The fourth-order valence-corrected chi connectivity index (χ4v) is 1.78. The quantitative estimate of drug-likeness (QED) is 0.892. The number of pyridine rings is 1. The van der Waals surface area contributed by atoms with E-state index in [2.05, 4.69) is 39.3 Å². The Bertz CT molecular complexity index is 394. The van der Waals surface area contributed by atoms with E-state index in [4.69, 9.17) is 4.74 Å². The second-order valence-electron chi connectivity index (χ2n) is 3.31. The van der Waals surface area contributed by atoms with Crippen LogP contribution in [-0.2, 0) is 0 Å². The predicted molar refractivity (Wildman–Crippen MR) is 62.7 cm³/mol. The van der Waals surface area contributed by atoms with Gasteiger partial charge in [-0.2, -0.15) is 0 Å². The Morgan fingerprint density at radius 3 is 3.00 bits per heavy atom. The zero-order valence-electron chi connectivity index (χ0n) is 8.57. The number of rotatable bonds is 2. The molecule has 0 aromatic carbocycles. The standard InChI is InChI=1S/C10H12BrN3O/c1-7-3-4-14(13-7)9-5-10(15-2)12-6-8(9)11/h3-7,13H,1-2H3. The van der Waals surface area contributed by atoms with Gasteiger partial charge in [-0.25, -0.2) is 10.4 Å². The molecule has 0 aliphatic carbocycles. The van der Waals surface area contributed by atoms with Gasteiger partial charge < -0.3 is 4.74 Å². The number of hydrogen-bond donors (Lipinski definition) is 1. The van der Waals surface area contributed by atoms with Gasteiger partial charge in [-0.3, -0.25) is 5.01 Å². The SMILES string of the molecule is COc1cc(N2C=CC(C)N2)c(Br)cn1. The van der Waals surface area contributed by atoms with Crippen LogP contribution in [0.1, 0.15) is 6.92 Å². The molecule has 1 N–H and O–H groups in total. The van der Waals surface area contributed by atoms with Crippen molar-refractivity contribution in [1.29, 1.82) is 0 Å². The van der Waals surface area contributed by atoms with Crippen LogP contribution in [0.15, 0.2) is 29.0 Å². The summed E-state index contributed by atoms with van der Waals surface area (Å²) in [6.07, 6.45) is 5.80. The van der Waals surface area contributed by atoms with E-state index in [0.29, 0.717) is 11.9 Å². The second kappa shape index (κ2) is 4.20. The first-order valence-corrected chi connectivity index (χ1v) is 5.43. The molecule has 2 heterocycles. The Balaban J connectivity index is 2.31. The van der Waals surface area contributed by atoms with Crippen LogP contribution in [0.3, 0.4) is 0 Å².